The highest BCUT2D eigenvalue weighted by Gasteiger charge is 2.23. The number of nitrogen functional groups attached to an aromatic ring is 1. The van der Waals surface area contributed by atoms with Gasteiger partial charge >= 0.3 is 0 Å². The van der Waals surface area contributed by atoms with Crippen LogP contribution in [0.5, 0.6) is 0 Å². The van der Waals surface area contributed by atoms with Crippen molar-refractivity contribution in [2.45, 2.75) is 64.7 Å². The van der Waals surface area contributed by atoms with E-state index >= 15 is 0 Å². The predicted molar refractivity (Wildman–Crippen MR) is 103 cm³/mol. The molecule has 0 saturated heterocycles. The topological polar surface area (TPSA) is 38.9 Å². The maximum absolute atomic E-state index is 6.41. The quantitative estimate of drug-likeness (QED) is 0.689. The Morgan fingerprint density at radius 3 is 2.42 bits per heavy atom. The van der Waals surface area contributed by atoms with Crippen LogP contribution in [0.2, 0.25) is 0 Å². The summed E-state index contributed by atoms with van der Waals surface area (Å²) in [7, 11) is 0. The molecular weight excluding hydrogens is 292 g/mol. The summed E-state index contributed by atoms with van der Waals surface area (Å²) in [5.74, 6) is 1.58. The summed E-state index contributed by atoms with van der Waals surface area (Å²) in [6.45, 7) is 4.45. The summed E-state index contributed by atoms with van der Waals surface area (Å²) in [5, 5.41) is 0. The fourth-order valence-corrected chi connectivity index (χ4v) is 4.08. The number of nitrogens with zero attached hydrogens (tertiary/aromatic N) is 1. The summed E-state index contributed by atoms with van der Waals surface area (Å²) < 4.78 is 0. The van der Waals surface area contributed by atoms with Crippen LogP contribution in [0.3, 0.4) is 0 Å². The van der Waals surface area contributed by atoms with Crippen molar-refractivity contribution in [2.75, 3.05) is 5.73 Å². The van der Waals surface area contributed by atoms with Crippen LogP contribution in [-0.2, 0) is 6.42 Å². The van der Waals surface area contributed by atoms with Crippen molar-refractivity contribution in [1.29, 1.82) is 0 Å². The molecular formula is C22H30N2. The van der Waals surface area contributed by atoms with E-state index in [0.717, 1.165) is 29.3 Å². The Hall–Kier alpha value is -1.83. The maximum Gasteiger partial charge on any atom is 0.0702 e. The summed E-state index contributed by atoms with van der Waals surface area (Å²) in [6.07, 6.45) is 11.0. The molecule has 2 N–H and O–H groups in total. The fraction of sp³-hybridized carbons (Fsp3) is 0.500. The van der Waals surface area contributed by atoms with Crippen LogP contribution >= 0.6 is 0 Å². The van der Waals surface area contributed by atoms with Gasteiger partial charge in [-0.05, 0) is 67.2 Å². The second kappa shape index (κ2) is 7.83. The van der Waals surface area contributed by atoms with Crippen molar-refractivity contribution >= 4 is 5.69 Å². The van der Waals surface area contributed by atoms with Crippen molar-refractivity contribution in [1.82, 2.24) is 4.98 Å². The predicted octanol–water partition coefficient (Wildman–Crippen LogP) is 5.97. The minimum absolute atomic E-state index is 0.641. The molecule has 1 fully saturated rings. The maximum atomic E-state index is 6.41. The molecule has 1 saturated carbocycles. The first-order valence-corrected chi connectivity index (χ1v) is 9.56. The van der Waals surface area contributed by atoms with Crippen LogP contribution in [0.4, 0.5) is 5.69 Å². The van der Waals surface area contributed by atoms with Crippen LogP contribution in [0.15, 0.2) is 36.5 Å². The monoisotopic (exact) mass is 322 g/mol. The summed E-state index contributed by atoms with van der Waals surface area (Å²) in [4.78, 5) is 4.58. The first-order chi connectivity index (χ1) is 11.7. The Balaban J connectivity index is 1.73. The molecule has 0 atom stereocenters. The third kappa shape index (κ3) is 3.80. The van der Waals surface area contributed by atoms with Gasteiger partial charge in [0, 0.05) is 17.4 Å². The zero-order valence-corrected chi connectivity index (χ0v) is 15.1. The van der Waals surface area contributed by atoms with E-state index in [-0.39, 0.29) is 0 Å². The number of aromatic nitrogens is 1. The summed E-state index contributed by atoms with van der Waals surface area (Å²) in [6, 6.07) is 10.8. The lowest BCUT2D eigenvalue weighted by atomic mass is 9.76. The van der Waals surface area contributed by atoms with E-state index in [0.29, 0.717) is 5.92 Å². The SMILES string of the molecule is CCCC1CCC(c2ccc(-c3ccc(CC)cn3)cc2N)CC1. The standard InChI is InChI=1S/C22H30N2/c1-3-5-17-6-9-18(10-7-17)20-12-11-19(14-21(20)23)22-13-8-16(4-2)15-24-22/h8,11-15,17-18H,3-7,9-10,23H2,1-2H3. The molecule has 1 aliphatic carbocycles. The van der Waals surface area contributed by atoms with Crippen molar-refractivity contribution in [2.24, 2.45) is 5.92 Å². The van der Waals surface area contributed by atoms with Gasteiger partial charge in [0.15, 0.2) is 0 Å². The van der Waals surface area contributed by atoms with E-state index in [1.54, 1.807) is 0 Å². The van der Waals surface area contributed by atoms with E-state index in [2.05, 4.69) is 49.2 Å². The third-order valence-corrected chi connectivity index (χ3v) is 5.60. The van der Waals surface area contributed by atoms with E-state index in [4.69, 9.17) is 5.73 Å². The Morgan fingerprint density at radius 2 is 1.83 bits per heavy atom. The molecule has 1 heterocycles. The summed E-state index contributed by atoms with van der Waals surface area (Å²) in [5.41, 5.74) is 12.1. The van der Waals surface area contributed by atoms with Crippen LogP contribution in [0.25, 0.3) is 11.3 Å². The van der Waals surface area contributed by atoms with E-state index < -0.39 is 0 Å². The van der Waals surface area contributed by atoms with Gasteiger partial charge in [0.1, 0.15) is 0 Å². The van der Waals surface area contributed by atoms with Gasteiger partial charge < -0.3 is 5.73 Å². The molecule has 1 aliphatic rings. The van der Waals surface area contributed by atoms with Gasteiger partial charge in [-0.25, -0.2) is 0 Å². The minimum Gasteiger partial charge on any atom is -0.398 e. The lowest BCUT2D eigenvalue weighted by Crippen LogP contribution is -2.14. The van der Waals surface area contributed by atoms with E-state index in [1.807, 2.05) is 6.20 Å². The highest BCUT2D eigenvalue weighted by Crippen LogP contribution is 2.40. The van der Waals surface area contributed by atoms with E-state index in [1.165, 1.54) is 49.7 Å². The number of nitrogens with two attached hydrogens (primary N) is 1. The molecule has 0 radical (unpaired) electrons. The molecule has 1 aromatic carbocycles. The zero-order chi connectivity index (χ0) is 16.9. The fourth-order valence-electron chi connectivity index (χ4n) is 4.08. The molecule has 2 heteroatoms. The molecule has 0 unspecified atom stereocenters. The number of rotatable bonds is 5. The average molecular weight is 322 g/mol. The number of anilines is 1. The molecule has 2 nitrogen and oxygen atoms in total. The van der Waals surface area contributed by atoms with Crippen LogP contribution in [0.1, 0.15) is 69.4 Å². The Morgan fingerprint density at radius 1 is 1.04 bits per heavy atom. The van der Waals surface area contributed by atoms with Gasteiger partial charge in [0.25, 0.3) is 0 Å². The minimum atomic E-state index is 0.641. The van der Waals surface area contributed by atoms with E-state index in [9.17, 15) is 0 Å². The number of aryl methyl sites for hydroxylation is 1. The molecule has 1 aromatic heterocycles. The summed E-state index contributed by atoms with van der Waals surface area (Å²) >= 11 is 0. The molecule has 0 bridgehead atoms. The van der Waals surface area contributed by atoms with Crippen molar-refractivity contribution in [3.8, 4) is 11.3 Å². The Bertz CT molecular complexity index is 652. The van der Waals surface area contributed by atoms with Gasteiger partial charge in [-0.2, -0.15) is 0 Å². The smallest absolute Gasteiger partial charge is 0.0702 e. The number of hydrogen-bond donors (Lipinski definition) is 1. The largest absolute Gasteiger partial charge is 0.398 e. The van der Waals surface area contributed by atoms with Crippen molar-refractivity contribution in [3.63, 3.8) is 0 Å². The van der Waals surface area contributed by atoms with Crippen molar-refractivity contribution in [3.05, 3.63) is 47.7 Å². The Labute approximate surface area is 146 Å². The van der Waals surface area contributed by atoms with Gasteiger partial charge in [0.05, 0.1) is 5.69 Å². The average Bonchev–Trinajstić information content (AvgIpc) is 2.63. The second-order valence-corrected chi connectivity index (χ2v) is 7.26. The van der Waals surface area contributed by atoms with Gasteiger partial charge in [0.2, 0.25) is 0 Å². The van der Waals surface area contributed by atoms with Crippen LogP contribution in [0, 0.1) is 5.92 Å². The lowest BCUT2D eigenvalue weighted by molar-refractivity contribution is 0.308. The first kappa shape index (κ1) is 17.0. The highest BCUT2D eigenvalue weighted by molar-refractivity contribution is 5.66. The van der Waals surface area contributed by atoms with Crippen molar-refractivity contribution < 1.29 is 0 Å². The molecule has 24 heavy (non-hydrogen) atoms. The van der Waals surface area contributed by atoms with Gasteiger partial charge in [-0.3, -0.25) is 4.98 Å². The van der Waals surface area contributed by atoms with Gasteiger partial charge in [-0.1, -0.05) is 44.9 Å². The lowest BCUT2D eigenvalue weighted by Gasteiger charge is -2.29. The normalized spacial score (nSPS) is 20.9. The Kier molecular flexibility index (Phi) is 5.55. The number of pyridine rings is 1. The zero-order valence-electron chi connectivity index (χ0n) is 15.1. The molecule has 128 valence electrons. The molecule has 2 aromatic rings. The second-order valence-electron chi connectivity index (χ2n) is 7.26. The van der Waals surface area contributed by atoms with Crippen LogP contribution < -0.4 is 5.73 Å². The number of benzene rings is 1. The van der Waals surface area contributed by atoms with Crippen LogP contribution in [-0.4, -0.2) is 4.98 Å². The molecule has 3 rings (SSSR count). The molecule has 0 aliphatic heterocycles. The molecule has 0 spiro atoms. The first-order valence-electron chi connectivity index (χ1n) is 9.56. The molecule has 0 amide bonds. The highest BCUT2D eigenvalue weighted by atomic mass is 14.7. The third-order valence-electron chi connectivity index (χ3n) is 5.60. The van der Waals surface area contributed by atoms with Gasteiger partial charge in [-0.15, -0.1) is 0 Å². The number of hydrogen-bond acceptors (Lipinski definition) is 2.